The molecule has 3 nitrogen and oxygen atoms in total. The summed E-state index contributed by atoms with van der Waals surface area (Å²) in [6.07, 6.45) is 0. The van der Waals surface area contributed by atoms with Gasteiger partial charge in [0, 0.05) is 17.8 Å². The zero-order valence-corrected chi connectivity index (χ0v) is 11.5. The predicted molar refractivity (Wildman–Crippen MR) is 86.2 cm³/mol. The van der Waals surface area contributed by atoms with Crippen molar-refractivity contribution in [1.82, 2.24) is 0 Å². The van der Waals surface area contributed by atoms with Gasteiger partial charge in [-0.15, -0.1) is 0 Å². The molecule has 0 unspecified atom stereocenters. The Balaban J connectivity index is 1.93. The summed E-state index contributed by atoms with van der Waals surface area (Å²) in [7, 11) is 0. The lowest BCUT2D eigenvalue weighted by Crippen LogP contribution is -2.12. The molecule has 0 aliphatic heterocycles. The van der Waals surface area contributed by atoms with Crippen molar-refractivity contribution in [2.45, 2.75) is 6.54 Å². The summed E-state index contributed by atoms with van der Waals surface area (Å²) in [5.41, 5.74) is 8.05. The fraction of sp³-hybridized carbons (Fsp3) is 0.0556. The van der Waals surface area contributed by atoms with E-state index in [1.807, 2.05) is 66.7 Å². The topological polar surface area (TPSA) is 55.1 Å². The number of rotatable bonds is 3. The highest BCUT2D eigenvalue weighted by atomic mass is 16.1. The number of amides is 1. The van der Waals surface area contributed by atoms with Crippen LogP contribution in [0.3, 0.4) is 0 Å². The van der Waals surface area contributed by atoms with Crippen LogP contribution < -0.4 is 11.1 Å². The van der Waals surface area contributed by atoms with Crippen molar-refractivity contribution in [2.24, 2.45) is 5.73 Å². The van der Waals surface area contributed by atoms with Crippen LogP contribution in [-0.4, -0.2) is 5.91 Å². The average molecular weight is 276 g/mol. The molecule has 0 bridgehead atoms. The van der Waals surface area contributed by atoms with E-state index in [1.165, 1.54) is 0 Å². The molecule has 3 heteroatoms. The van der Waals surface area contributed by atoms with Crippen LogP contribution in [0.5, 0.6) is 0 Å². The number of anilines is 1. The third-order valence-corrected chi connectivity index (χ3v) is 3.45. The van der Waals surface area contributed by atoms with E-state index in [-0.39, 0.29) is 5.91 Å². The minimum absolute atomic E-state index is 0.110. The van der Waals surface area contributed by atoms with Crippen molar-refractivity contribution < 1.29 is 4.79 Å². The largest absolute Gasteiger partial charge is 0.326 e. The fourth-order valence-corrected chi connectivity index (χ4v) is 2.40. The number of nitrogens with two attached hydrogens (primary N) is 1. The van der Waals surface area contributed by atoms with Crippen molar-refractivity contribution >= 4 is 22.4 Å². The van der Waals surface area contributed by atoms with Gasteiger partial charge in [-0.2, -0.15) is 0 Å². The Morgan fingerprint density at radius 2 is 1.71 bits per heavy atom. The third-order valence-electron chi connectivity index (χ3n) is 3.45. The van der Waals surface area contributed by atoms with Gasteiger partial charge in [0.2, 0.25) is 0 Å². The number of hydrogen-bond donors (Lipinski definition) is 2. The molecule has 0 fully saturated rings. The molecule has 104 valence electrons. The predicted octanol–water partition coefficient (Wildman–Crippen LogP) is 3.55. The zero-order chi connectivity index (χ0) is 14.7. The molecule has 0 saturated carbocycles. The van der Waals surface area contributed by atoms with Gasteiger partial charge in [0.1, 0.15) is 0 Å². The molecule has 0 aliphatic rings. The summed E-state index contributed by atoms with van der Waals surface area (Å²) >= 11 is 0. The Bertz CT molecular complexity index is 791. The molecular weight excluding hydrogens is 260 g/mol. The summed E-state index contributed by atoms with van der Waals surface area (Å²) in [5.74, 6) is -0.110. The molecule has 0 atom stereocenters. The van der Waals surface area contributed by atoms with E-state index in [4.69, 9.17) is 5.73 Å². The Labute approximate surface area is 123 Å². The molecule has 1 amide bonds. The number of carbonyl (C=O) groups excluding carboxylic acids is 1. The Hall–Kier alpha value is -2.65. The van der Waals surface area contributed by atoms with Crippen molar-refractivity contribution in [2.75, 3.05) is 5.32 Å². The van der Waals surface area contributed by atoms with Crippen LogP contribution in [0, 0.1) is 0 Å². The van der Waals surface area contributed by atoms with Crippen LogP contribution in [0.4, 0.5) is 5.69 Å². The highest BCUT2D eigenvalue weighted by molar-refractivity contribution is 6.12. The Morgan fingerprint density at radius 3 is 2.57 bits per heavy atom. The fourth-order valence-electron chi connectivity index (χ4n) is 2.40. The van der Waals surface area contributed by atoms with Gasteiger partial charge in [-0.3, -0.25) is 4.79 Å². The third kappa shape index (κ3) is 2.78. The van der Waals surface area contributed by atoms with Crippen LogP contribution in [0.25, 0.3) is 10.8 Å². The smallest absolute Gasteiger partial charge is 0.256 e. The summed E-state index contributed by atoms with van der Waals surface area (Å²) in [6, 6.07) is 21.2. The minimum Gasteiger partial charge on any atom is -0.326 e. The van der Waals surface area contributed by atoms with Crippen LogP contribution in [-0.2, 0) is 6.54 Å². The standard InChI is InChI=1S/C18H16N2O/c19-12-13-5-3-8-15(11-13)20-18(21)17-10-4-7-14-6-1-2-9-16(14)17/h1-11H,12,19H2,(H,20,21). The Kier molecular flexibility index (Phi) is 3.67. The molecule has 0 saturated heterocycles. The average Bonchev–Trinajstić information content (AvgIpc) is 2.54. The van der Waals surface area contributed by atoms with Crippen LogP contribution >= 0.6 is 0 Å². The number of nitrogens with one attached hydrogen (secondary N) is 1. The monoisotopic (exact) mass is 276 g/mol. The van der Waals surface area contributed by atoms with Gasteiger partial charge in [-0.1, -0.05) is 48.5 Å². The van der Waals surface area contributed by atoms with E-state index in [9.17, 15) is 4.79 Å². The van der Waals surface area contributed by atoms with E-state index < -0.39 is 0 Å². The van der Waals surface area contributed by atoms with E-state index in [0.29, 0.717) is 12.1 Å². The van der Waals surface area contributed by atoms with Crippen molar-refractivity contribution in [3.63, 3.8) is 0 Å². The molecule has 0 radical (unpaired) electrons. The lowest BCUT2D eigenvalue weighted by molar-refractivity contribution is 0.102. The highest BCUT2D eigenvalue weighted by Gasteiger charge is 2.09. The first-order valence-electron chi connectivity index (χ1n) is 6.86. The van der Waals surface area contributed by atoms with Crippen molar-refractivity contribution in [3.8, 4) is 0 Å². The second-order valence-corrected chi connectivity index (χ2v) is 4.89. The first-order chi connectivity index (χ1) is 10.3. The van der Waals surface area contributed by atoms with Crippen LogP contribution in [0.15, 0.2) is 66.7 Å². The zero-order valence-electron chi connectivity index (χ0n) is 11.5. The molecule has 3 N–H and O–H groups in total. The lowest BCUT2D eigenvalue weighted by atomic mass is 10.0. The molecule has 3 rings (SSSR count). The van der Waals surface area contributed by atoms with Gasteiger partial charge in [0.15, 0.2) is 0 Å². The molecule has 0 heterocycles. The molecule has 21 heavy (non-hydrogen) atoms. The van der Waals surface area contributed by atoms with E-state index in [0.717, 1.165) is 22.0 Å². The van der Waals surface area contributed by atoms with Gasteiger partial charge in [-0.25, -0.2) is 0 Å². The normalized spacial score (nSPS) is 10.5. The molecule has 0 aliphatic carbocycles. The van der Waals surface area contributed by atoms with Gasteiger partial charge in [-0.05, 0) is 34.5 Å². The first kappa shape index (κ1) is 13.3. The maximum atomic E-state index is 12.5. The van der Waals surface area contributed by atoms with Crippen LogP contribution in [0.1, 0.15) is 15.9 Å². The van der Waals surface area contributed by atoms with Crippen LogP contribution in [0.2, 0.25) is 0 Å². The van der Waals surface area contributed by atoms with Gasteiger partial charge in [0.05, 0.1) is 0 Å². The lowest BCUT2D eigenvalue weighted by Gasteiger charge is -2.09. The van der Waals surface area contributed by atoms with Crippen molar-refractivity contribution in [3.05, 3.63) is 77.9 Å². The number of benzene rings is 3. The SMILES string of the molecule is NCc1cccc(NC(=O)c2cccc3ccccc23)c1. The van der Waals surface area contributed by atoms with E-state index in [2.05, 4.69) is 5.32 Å². The first-order valence-corrected chi connectivity index (χ1v) is 6.86. The summed E-state index contributed by atoms with van der Waals surface area (Å²) in [6.45, 7) is 0.456. The maximum Gasteiger partial charge on any atom is 0.256 e. The molecular formula is C18H16N2O. The number of fused-ring (bicyclic) bond motifs is 1. The second-order valence-electron chi connectivity index (χ2n) is 4.89. The molecule has 0 spiro atoms. The Morgan fingerprint density at radius 1 is 0.952 bits per heavy atom. The van der Waals surface area contributed by atoms with Gasteiger partial charge < -0.3 is 11.1 Å². The maximum absolute atomic E-state index is 12.5. The van der Waals surface area contributed by atoms with Gasteiger partial charge in [0.25, 0.3) is 5.91 Å². The number of hydrogen-bond acceptors (Lipinski definition) is 2. The summed E-state index contributed by atoms with van der Waals surface area (Å²) in [5, 5.41) is 4.94. The summed E-state index contributed by atoms with van der Waals surface area (Å²) < 4.78 is 0. The van der Waals surface area contributed by atoms with Crippen molar-refractivity contribution in [1.29, 1.82) is 0 Å². The summed E-state index contributed by atoms with van der Waals surface area (Å²) in [4.78, 5) is 12.5. The molecule has 0 aromatic heterocycles. The highest BCUT2D eigenvalue weighted by Crippen LogP contribution is 2.20. The van der Waals surface area contributed by atoms with E-state index >= 15 is 0 Å². The quantitative estimate of drug-likeness (QED) is 0.768. The molecule has 3 aromatic carbocycles. The van der Waals surface area contributed by atoms with Gasteiger partial charge >= 0.3 is 0 Å². The minimum atomic E-state index is -0.110. The second kappa shape index (κ2) is 5.77. The molecule has 3 aromatic rings. The number of carbonyl (C=O) groups is 1. The van der Waals surface area contributed by atoms with E-state index in [1.54, 1.807) is 0 Å².